The Morgan fingerprint density at radius 3 is 2.39 bits per heavy atom. The molecule has 0 saturated heterocycles. The van der Waals surface area contributed by atoms with Crippen LogP contribution in [0.5, 0.6) is 0 Å². The van der Waals surface area contributed by atoms with Crippen LogP contribution in [0, 0.1) is 0 Å². The number of Topliss-reactive ketones (excluding diaryl/α,β-unsaturated/α-hetero) is 1. The van der Waals surface area contributed by atoms with Crippen molar-refractivity contribution in [2.45, 2.75) is 6.42 Å². The fourth-order valence-electron chi connectivity index (χ4n) is 1.96. The Balaban J connectivity index is 0.000000277. The summed E-state index contributed by atoms with van der Waals surface area (Å²) in [7, 11) is 0. The van der Waals surface area contributed by atoms with Crippen molar-refractivity contribution in [2.24, 2.45) is 0 Å². The number of pyridine rings is 1. The third kappa shape index (κ3) is 6.91. The molecule has 2 aromatic rings. The Morgan fingerprint density at radius 1 is 1.13 bits per heavy atom. The Kier molecular flexibility index (Phi) is 6.12. The molecule has 0 radical (unpaired) electrons. The SMILES string of the molecule is ClP(Cl)(Cl)(Cl)Cl.O=C1Cc2cc(Br)cnc2Nc2ccccc21. The molecule has 0 saturated carbocycles. The number of carbonyl (C=O) groups is 1. The third-order valence-electron chi connectivity index (χ3n) is 2.76. The van der Waals surface area contributed by atoms with Gasteiger partial charge in [0.2, 0.25) is 0 Å². The van der Waals surface area contributed by atoms with E-state index in [9.17, 15) is 4.79 Å². The minimum Gasteiger partial charge on any atom is -0.339 e. The summed E-state index contributed by atoms with van der Waals surface area (Å²) in [5.74, 6) is 0.873. The number of rotatable bonds is 0. The molecule has 3 nitrogen and oxygen atoms in total. The minimum atomic E-state index is -3.69. The molecule has 23 heavy (non-hydrogen) atoms. The number of carbonyl (C=O) groups excluding carboxylic acids is 1. The van der Waals surface area contributed by atoms with Crippen LogP contribution in [0.2, 0.25) is 0 Å². The van der Waals surface area contributed by atoms with Gasteiger partial charge in [-0.15, -0.1) is 0 Å². The molecule has 1 aromatic heterocycles. The van der Waals surface area contributed by atoms with E-state index in [0.717, 1.165) is 27.1 Å². The van der Waals surface area contributed by atoms with Crippen molar-refractivity contribution in [3.05, 3.63) is 52.1 Å². The molecule has 0 unspecified atom stereocenters. The molecule has 3 rings (SSSR count). The molecular formula is C13H9BrCl5N2OP. The summed E-state index contributed by atoms with van der Waals surface area (Å²) in [5, 5.41) is 3.21. The second-order valence-corrected chi connectivity index (χ2v) is 22.1. The molecule has 2 heterocycles. The molecule has 10 heteroatoms. The molecule has 0 aliphatic carbocycles. The minimum absolute atomic E-state index is 0.117. The van der Waals surface area contributed by atoms with Gasteiger partial charge in [-0.1, -0.05) is 12.1 Å². The summed E-state index contributed by atoms with van der Waals surface area (Å²) in [6.45, 7) is 0. The van der Waals surface area contributed by atoms with Gasteiger partial charge in [0, 0.05) is 28.2 Å². The first kappa shape index (κ1) is 19.5. The second kappa shape index (κ2) is 7.21. The van der Waals surface area contributed by atoms with Gasteiger partial charge in [0.05, 0.1) is 5.69 Å². The third-order valence-corrected chi connectivity index (χ3v) is 3.20. The zero-order chi connectivity index (χ0) is 17.3. The Hall–Kier alpha value is 0.200. The molecule has 0 atom stereocenters. The topological polar surface area (TPSA) is 42.0 Å². The van der Waals surface area contributed by atoms with Crippen LogP contribution in [0.25, 0.3) is 0 Å². The van der Waals surface area contributed by atoms with Gasteiger partial charge in [-0.2, -0.15) is 0 Å². The molecule has 1 aromatic carbocycles. The van der Waals surface area contributed by atoms with Crippen LogP contribution in [0.15, 0.2) is 41.0 Å². The predicted octanol–water partition coefficient (Wildman–Crippen LogP) is 7.64. The van der Waals surface area contributed by atoms with Crippen LogP contribution in [0.3, 0.4) is 0 Å². The predicted molar refractivity (Wildman–Crippen MR) is 106 cm³/mol. The Bertz CT molecular complexity index is 747. The molecule has 124 valence electrons. The number of anilines is 2. The summed E-state index contributed by atoms with van der Waals surface area (Å²) < 4.78 is -2.80. The normalized spacial score (nSPS) is 14.9. The molecule has 0 spiro atoms. The summed E-state index contributed by atoms with van der Waals surface area (Å²) in [4.78, 5) is 16.4. The van der Waals surface area contributed by atoms with Crippen LogP contribution in [0.4, 0.5) is 11.5 Å². The van der Waals surface area contributed by atoms with E-state index in [0.29, 0.717) is 6.42 Å². The van der Waals surface area contributed by atoms with Gasteiger partial charge >= 0.3 is 59.6 Å². The van der Waals surface area contributed by atoms with Crippen molar-refractivity contribution < 1.29 is 4.79 Å². The fraction of sp³-hybridized carbons (Fsp3) is 0.0769. The van der Waals surface area contributed by atoms with Crippen molar-refractivity contribution in [3.8, 4) is 0 Å². The number of para-hydroxylation sites is 1. The first-order valence-electron chi connectivity index (χ1n) is 6.12. The monoisotopic (exact) mass is 494 g/mol. The average molecular weight is 497 g/mol. The van der Waals surface area contributed by atoms with E-state index in [1.54, 1.807) is 6.20 Å². The van der Waals surface area contributed by atoms with Gasteiger partial charge in [-0.05, 0) is 34.1 Å². The summed E-state index contributed by atoms with van der Waals surface area (Å²) >= 11 is 28.3. The second-order valence-electron chi connectivity index (χ2n) is 4.57. The maximum atomic E-state index is 12.1. The van der Waals surface area contributed by atoms with Crippen molar-refractivity contribution >= 4 is 92.8 Å². The molecule has 1 aliphatic rings. The van der Waals surface area contributed by atoms with Crippen LogP contribution in [-0.4, -0.2) is 10.8 Å². The van der Waals surface area contributed by atoms with Crippen molar-refractivity contribution in [1.82, 2.24) is 4.98 Å². The van der Waals surface area contributed by atoms with E-state index in [1.807, 2.05) is 30.3 Å². The molecule has 0 bridgehead atoms. The number of hydrogen-bond donors (Lipinski definition) is 1. The van der Waals surface area contributed by atoms with E-state index < -0.39 is 3.37 Å². The number of fused-ring (bicyclic) bond motifs is 2. The first-order chi connectivity index (χ1) is 10.5. The molecular weight excluding hydrogens is 488 g/mol. The van der Waals surface area contributed by atoms with Gasteiger partial charge in [0.15, 0.2) is 5.78 Å². The van der Waals surface area contributed by atoms with Gasteiger partial charge in [-0.3, -0.25) is 4.79 Å². The number of halogens is 6. The standard InChI is InChI=1S/C13H9BrN2O.Cl5P/c14-9-5-8-6-12(17)10-3-1-2-4-11(10)16-13(8)15-7-9;1-6(2,3,4)5/h1-5,7H,6H2,(H,15,16);. The fourth-order valence-corrected chi connectivity index (χ4v) is 2.34. The van der Waals surface area contributed by atoms with E-state index in [2.05, 4.69) is 26.2 Å². The zero-order valence-corrected chi connectivity index (χ0v) is 17.5. The van der Waals surface area contributed by atoms with E-state index >= 15 is 0 Å². The first-order valence-corrected chi connectivity index (χ1v) is 13.7. The molecule has 0 fully saturated rings. The summed E-state index contributed by atoms with van der Waals surface area (Å²) in [5.41, 5.74) is 2.47. The number of benzene rings is 1. The molecule has 0 amide bonds. The maximum Gasteiger partial charge on any atom is 0.169 e. The zero-order valence-electron chi connectivity index (χ0n) is 11.2. The van der Waals surface area contributed by atoms with E-state index in [4.69, 9.17) is 56.2 Å². The molecule has 1 N–H and O–H groups in total. The number of hydrogen-bond acceptors (Lipinski definition) is 3. The number of ketones is 1. The maximum absolute atomic E-state index is 12.1. The van der Waals surface area contributed by atoms with Gasteiger partial charge < -0.3 is 5.32 Å². The van der Waals surface area contributed by atoms with E-state index in [-0.39, 0.29) is 5.78 Å². The van der Waals surface area contributed by atoms with Gasteiger partial charge in [0.1, 0.15) is 5.82 Å². The van der Waals surface area contributed by atoms with Crippen molar-refractivity contribution in [1.29, 1.82) is 0 Å². The van der Waals surface area contributed by atoms with E-state index in [1.165, 1.54) is 0 Å². The van der Waals surface area contributed by atoms with Crippen LogP contribution >= 0.6 is 75.5 Å². The van der Waals surface area contributed by atoms with Gasteiger partial charge in [0.25, 0.3) is 0 Å². The number of aromatic nitrogens is 1. The van der Waals surface area contributed by atoms with Crippen molar-refractivity contribution in [3.63, 3.8) is 0 Å². The van der Waals surface area contributed by atoms with Gasteiger partial charge in [-0.25, -0.2) is 4.98 Å². The smallest absolute Gasteiger partial charge is 0.169 e. The summed E-state index contributed by atoms with van der Waals surface area (Å²) in [6, 6.07) is 9.44. The largest absolute Gasteiger partial charge is 0.339 e. The summed E-state index contributed by atoms with van der Waals surface area (Å²) in [6.07, 6.45) is 2.11. The quantitative estimate of drug-likeness (QED) is 0.381. The molecule has 1 aliphatic heterocycles. The van der Waals surface area contributed by atoms with Crippen LogP contribution in [-0.2, 0) is 6.42 Å². The van der Waals surface area contributed by atoms with Crippen LogP contribution < -0.4 is 5.32 Å². The van der Waals surface area contributed by atoms with Crippen molar-refractivity contribution in [2.75, 3.05) is 5.32 Å². The Morgan fingerprint density at radius 2 is 1.74 bits per heavy atom. The Labute approximate surface area is 165 Å². The number of nitrogens with one attached hydrogen (secondary N) is 1. The average Bonchev–Trinajstić information content (AvgIpc) is 2.52. The number of nitrogens with zero attached hydrogens (tertiary/aromatic N) is 1. The van der Waals surface area contributed by atoms with Crippen LogP contribution in [0.1, 0.15) is 15.9 Å².